The topological polar surface area (TPSA) is 32.3 Å². The number of benzene rings is 1. The van der Waals surface area contributed by atoms with Crippen LogP contribution in [0.1, 0.15) is 12.0 Å². The molecule has 3 nitrogen and oxygen atoms in total. The number of nitrogens with zero attached hydrogens (tertiary/aromatic N) is 1. The van der Waals surface area contributed by atoms with E-state index in [9.17, 15) is 4.79 Å². The minimum Gasteiger partial charge on any atom is -0.344 e. The molecule has 1 aliphatic heterocycles. The van der Waals surface area contributed by atoms with Crippen LogP contribution in [0.3, 0.4) is 0 Å². The Bertz CT molecular complexity index is 437. The van der Waals surface area contributed by atoms with E-state index in [0.29, 0.717) is 16.6 Å². The van der Waals surface area contributed by atoms with Gasteiger partial charge in [-0.1, -0.05) is 29.3 Å². The number of likely N-dealkylation sites (N-methyl/N-ethyl adjacent to an activating group) is 1. The first-order chi connectivity index (χ1) is 8.08. The van der Waals surface area contributed by atoms with Crippen LogP contribution in [-0.4, -0.2) is 30.4 Å². The van der Waals surface area contributed by atoms with Gasteiger partial charge < -0.3 is 10.2 Å². The highest BCUT2D eigenvalue weighted by atomic mass is 35.5. The molecule has 0 saturated carbocycles. The average Bonchev–Trinajstić information content (AvgIpc) is 2.59. The van der Waals surface area contributed by atoms with Gasteiger partial charge in [0.25, 0.3) is 0 Å². The van der Waals surface area contributed by atoms with Crippen LogP contribution in [0.4, 0.5) is 0 Å². The molecule has 1 aliphatic rings. The van der Waals surface area contributed by atoms with Gasteiger partial charge in [-0.05, 0) is 24.1 Å². The highest BCUT2D eigenvalue weighted by Crippen LogP contribution is 2.21. The van der Waals surface area contributed by atoms with Gasteiger partial charge in [0.05, 0.1) is 6.04 Å². The average molecular weight is 273 g/mol. The minimum atomic E-state index is -0.0910. The Morgan fingerprint density at radius 2 is 2.24 bits per heavy atom. The van der Waals surface area contributed by atoms with Crippen LogP contribution in [0.25, 0.3) is 0 Å². The summed E-state index contributed by atoms with van der Waals surface area (Å²) in [4.78, 5) is 13.4. The molecule has 0 radical (unpaired) electrons. The first-order valence-corrected chi connectivity index (χ1v) is 6.26. The molecule has 1 saturated heterocycles. The predicted molar refractivity (Wildman–Crippen MR) is 69.3 cm³/mol. The van der Waals surface area contributed by atoms with Gasteiger partial charge in [0.15, 0.2) is 0 Å². The number of halogens is 2. The fraction of sp³-hybridized carbons (Fsp3) is 0.417. The monoisotopic (exact) mass is 272 g/mol. The van der Waals surface area contributed by atoms with Gasteiger partial charge in [-0.15, -0.1) is 0 Å². The number of nitrogens with one attached hydrogen (secondary N) is 1. The molecule has 1 aromatic carbocycles. The van der Waals surface area contributed by atoms with Crippen molar-refractivity contribution in [3.63, 3.8) is 0 Å². The van der Waals surface area contributed by atoms with Crippen LogP contribution >= 0.6 is 23.2 Å². The summed E-state index contributed by atoms with van der Waals surface area (Å²) in [5.74, 6) is 0.148. The van der Waals surface area contributed by atoms with E-state index in [1.165, 1.54) is 0 Å². The smallest absolute Gasteiger partial charge is 0.239 e. The molecular weight excluding hydrogens is 259 g/mol. The van der Waals surface area contributed by atoms with E-state index in [1.54, 1.807) is 17.0 Å². The van der Waals surface area contributed by atoms with Crippen molar-refractivity contribution in [2.45, 2.75) is 19.0 Å². The second kappa shape index (κ2) is 5.25. The number of amides is 1. The lowest BCUT2D eigenvalue weighted by Crippen LogP contribution is -2.36. The van der Waals surface area contributed by atoms with E-state index in [1.807, 2.05) is 13.1 Å². The van der Waals surface area contributed by atoms with Crippen molar-refractivity contribution < 1.29 is 4.79 Å². The highest BCUT2D eigenvalue weighted by molar-refractivity contribution is 6.35. The molecule has 2 rings (SSSR count). The van der Waals surface area contributed by atoms with E-state index in [2.05, 4.69) is 5.32 Å². The van der Waals surface area contributed by atoms with Gasteiger partial charge in [0, 0.05) is 30.2 Å². The van der Waals surface area contributed by atoms with E-state index >= 15 is 0 Å². The molecule has 0 spiro atoms. The van der Waals surface area contributed by atoms with Gasteiger partial charge in [0.1, 0.15) is 0 Å². The van der Waals surface area contributed by atoms with Crippen LogP contribution < -0.4 is 5.32 Å². The van der Waals surface area contributed by atoms with Crippen LogP contribution in [0.15, 0.2) is 18.2 Å². The normalized spacial score (nSPS) is 20.1. The highest BCUT2D eigenvalue weighted by Gasteiger charge is 2.28. The van der Waals surface area contributed by atoms with E-state index in [4.69, 9.17) is 23.2 Å². The molecule has 0 aliphatic carbocycles. The van der Waals surface area contributed by atoms with Crippen molar-refractivity contribution in [1.29, 1.82) is 0 Å². The Balaban J connectivity index is 1.96. The number of carbonyl (C=O) groups is 1. The largest absolute Gasteiger partial charge is 0.344 e. The Morgan fingerprint density at radius 1 is 1.47 bits per heavy atom. The zero-order valence-electron chi connectivity index (χ0n) is 9.54. The van der Waals surface area contributed by atoms with Crippen molar-refractivity contribution in [2.75, 3.05) is 13.6 Å². The zero-order valence-corrected chi connectivity index (χ0v) is 11.1. The van der Waals surface area contributed by atoms with E-state index in [-0.39, 0.29) is 11.9 Å². The molecule has 1 fully saturated rings. The predicted octanol–water partition coefficient (Wildman–Crippen LogP) is 2.31. The van der Waals surface area contributed by atoms with Crippen molar-refractivity contribution in [3.05, 3.63) is 33.8 Å². The Labute approximate surface area is 111 Å². The molecule has 92 valence electrons. The summed E-state index contributed by atoms with van der Waals surface area (Å²) in [6.07, 6.45) is 0.848. The summed E-state index contributed by atoms with van der Waals surface area (Å²) >= 11 is 11.9. The van der Waals surface area contributed by atoms with Gasteiger partial charge >= 0.3 is 0 Å². The maximum Gasteiger partial charge on any atom is 0.239 e. The SMILES string of the molecule is CN1CCC(NCc2ccc(Cl)cc2Cl)C1=O. The molecule has 1 N–H and O–H groups in total. The van der Waals surface area contributed by atoms with Crippen LogP contribution in [0.2, 0.25) is 10.0 Å². The third kappa shape index (κ3) is 2.92. The van der Waals surface area contributed by atoms with Crippen LogP contribution in [0, 0.1) is 0 Å². The molecular formula is C12H14Cl2N2O. The standard InChI is InChI=1S/C12H14Cl2N2O/c1-16-5-4-11(12(16)17)15-7-8-2-3-9(13)6-10(8)14/h2-3,6,11,15H,4-5,7H2,1H3. The molecule has 1 amide bonds. The lowest BCUT2D eigenvalue weighted by Gasteiger charge is -2.13. The van der Waals surface area contributed by atoms with Gasteiger partial charge in [0.2, 0.25) is 5.91 Å². The number of carbonyl (C=O) groups excluding carboxylic acids is 1. The molecule has 1 atom stereocenters. The van der Waals surface area contributed by atoms with Gasteiger partial charge in [-0.3, -0.25) is 4.79 Å². The van der Waals surface area contributed by atoms with Crippen molar-refractivity contribution in [3.8, 4) is 0 Å². The molecule has 17 heavy (non-hydrogen) atoms. The maximum atomic E-state index is 11.7. The maximum absolute atomic E-state index is 11.7. The van der Waals surface area contributed by atoms with Crippen LogP contribution in [0.5, 0.6) is 0 Å². The molecule has 1 heterocycles. The number of likely N-dealkylation sites (tertiary alicyclic amines) is 1. The van der Waals surface area contributed by atoms with Crippen molar-refractivity contribution >= 4 is 29.1 Å². The fourth-order valence-electron chi connectivity index (χ4n) is 1.91. The second-order valence-electron chi connectivity index (χ2n) is 4.22. The Morgan fingerprint density at radius 3 is 2.82 bits per heavy atom. The lowest BCUT2D eigenvalue weighted by molar-refractivity contribution is -0.128. The summed E-state index contributed by atoms with van der Waals surface area (Å²) in [5.41, 5.74) is 0.957. The summed E-state index contributed by atoms with van der Waals surface area (Å²) in [6, 6.07) is 5.29. The minimum absolute atomic E-state index is 0.0910. The van der Waals surface area contributed by atoms with E-state index < -0.39 is 0 Å². The first kappa shape index (κ1) is 12.7. The first-order valence-electron chi connectivity index (χ1n) is 5.50. The number of hydrogen-bond acceptors (Lipinski definition) is 2. The molecule has 0 aromatic heterocycles. The van der Waals surface area contributed by atoms with Crippen molar-refractivity contribution in [1.82, 2.24) is 10.2 Å². The third-order valence-electron chi connectivity index (χ3n) is 2.98. The molecule has 0 bridgehead atoms. The third-order valence-corrected chi connectivity index (χ3v) is 3.57. The van der Waals surface area contributed by atoms with Crippen molar-refractivity contribution in [2.24, 2.45) is 0 Å². The zero-order chi connectivity index (χ0) is 12.4. The fourth-order valence-corrected chi connectivity index (χ4v) is 2.39. The quantitative estimate of drug-likeness (QED) is 0.916. The molecule has 1 aromatic rings. The Hall–Kier alpha value is -0.770. The van der Waals surface area contributed by atoms with Gasteiger partial charge in [-0.2, -0.15) is 0 Å². The summed E-state index contributed by atoms with van der Waals surface area (Å²) in [6.45, 7) is 1.39. The second-order valence-corrected chi connectivity index (χ2v) is 5.06. The van der Waals surface area contributed by atoms with Gasteiger partial charge in [-0.25, -0.2) is 0 Å². The summed E-state index contributed by atoms with van der Waals surface area (Å²) in [7, 11) is 1.82. The lowest BCUT2D eigenvalue weighted by atomic mass is 10.2. The molecule has 5 heteroatoms. The molecule has 1 unspecified atom stereocenters. The Kier molecular flexibility index (Phi) is 3.92. The van der Waals surface area contributed by atoms with Crippen LogP contribution in [-0.2, 0) is 11.3 Å². The number of rotatable bonds is 3. The van der Waals surface area contributed by atoms with E-state index in [0.717, 1.165) is 18.5 Å². The number of hydrogen-bond donors (Lipinski definition) is 1. The summed E-state index contributed by atoms with van der Waals surface area (Å²) < 4.78 is 0. The summed E-state index contributed by atoms with van der Waals surface area (Å²) in [5, 5.41) is 4.47.